The van der Waals surface area contributed by atoms with Crippen molar-refractivity contribution in [2.24, 2.45) is 0 Å². The fraction of sp³-hybridized carbons (Fsp3) is 0.727. The van der Waals surface area contributed by atoms with Crippen LogP contribution in [0.3, 0.4) is 0 Å². The number of ketones is 1. The Morgan fingerprint density at radius 2 is 1.73 bits per heavy atom. The van der Waals surface area contributed by atoms with Gasteiger partial charge < -0.3 is 0 Å². The highest BCUT2D eigenvalue weighted by Crippen LogP contribution is 2.16. The lowest BCUT2D eigenvalue weighted by molar-refractivity contribution is -0.150. The Bertz CT molecular complexity index is 268. The molecule has 0 aromatic rings. The third kappa shape index (κ3) is 2.64. The first-order valence-corrected chi connectivity index (χ1v) is 5.45. The molecule has 2 amide bonds. The zero-order valence-corrected chi connectivity index (χ0v) is 9.28. The number of hydrogen-bond acceptors (Lipinski definition) is 3. The van der Waals surface area contributed by atoms with E-state index < -0.39 is 6.04 Å². The van der Waals surface area contributed by atoms with Crippen LogP contribution in [-0.2, 0) is 14.4 Å². The minimum Gasteiger partial charge on any atom is -0.297 e. The second kappa shape index (κ2) is 5.05. The predicted molar refractivity (Wildman–Crippen MR) is 55.1 cm³/mol. The predicted octanol–water partition coefficient (Wildman–Crippen LogP) is 1.28. The molecule has 1 unspecified atom stereocenters. The standard InChI is InChI=1S/C11H17NO3/c1-3-9(13)8(2)12-10(14)6-4-5-7-11(12)15/h8H,3-7H2,1-2H3. The smallest absolute Gasteiger partial charge is 0.229 e. The van der Waals surface area contributed by atoms with Gasteiger partial charge in [-0.1, -0.05) is 6.92 Å². The van der Waals surface area contributed by atoms with E-state index >= 15 is 0 Å². The summed E-state index contributed by atoms with van der Waals surface area (Å²) < 4.78 is 0. The van der Waals surface area contributed by atoms with E-state index in [2.05, 4.69) is 0 Å². The summed E-state index contributed by atoms with van der Waals surface area (Å²) in [6.07, 6.45) is 2.61. The van der Waals surface area contributed by atoms with Crippen molar-refractivity contribution in [1.29, 1.82) is 0 Å². The maximum atomic E-state index is 11.6. The first-order chi connectivity index (χ1) is 7.07. The zero-order chi connectivity index (χ0) is 11.4. The molecule has 4 heteroatoms. The van der Waals surface area contributed by atoms with Crippen LogP contribution in [-0.4, -0.2) is 28.5 Å². The molecule has 0 aliphatic carbocycles. The van der Waals surface area contributed by atoms with Crippen molar-refractivity contribution in [3.63, 3.8) is 0 Å². The van der Waals surface area contributed by atoms with Crippen LogP contribution in [0.2, 0.25) is 0 Å². The number of rotatable bonds is 3. The van der Waals surface area contributed by atoms with E-state index in [-0.39, 0.29) is 17.6 Å². The molecule has 0 saturated carbocycles. The molecular weight excluding hydrogens is 194 g/mol. The van der Waals surface area contributed by atoms with E-state index in [0.717, 1.165) is 17.7 Å². The minimum atomic E-state index is -0.590. The van der Waals surface area contributed by atoms with Gasteiger partial charge >= 0.3 is 0 Å². The van der Waals surface area contributed by atoms with Crippen LogP contribution >= 0.6 is 0 Å². The van der Waals surface area contributed by atoms with E-state index in [1.165, 1.54) is 0 Å². The summed E-state index contributed by atoms with van der Waals surface area (Å²) in [7, 11) is 0. The Morgan fingerprint density at radius 3 is 2.13 bits per heavy atom. The van der Waals surface area contributed by atoms with Crippen LogP contribution in [0.15, 0.2) is 0 Å². The van der Waals surface area contributed by atoms with Crippen LogP contribution in [0.25, 0.3) is 0 Å². The summed E-state index contributed by atoms with van der Waals surface area (Å²) >= 11 is 0. The first kappa shape index (κ1) is 11.9. The maximum Gasteiger partial charge on any atom is 0.229 e. The van der Waals surface area contributed by atoms with Gasteiger partial charge in [0.1, 0.15) is 0 Å². The normalized spacial score (nSPS) is 20.0. The molecule has 0 spiro atoms. The molecule has 0 aromatic heterocycles. The lowest BCUT2D eigenvalue weighted by Crippen LogP contribution is -2.45. The number of likely N-dealkylation sites (tertiary alicyclic amines) is 1. The third-order valence-corrected chi connectivity index (χ3v) is 2.77. The van der Waals surface area contributed by atoms with Gasteiger partial charge in [0.05, 0.1) is 6.04 Å². The molecule has 1 aliphatic heterocycles. The molecule has 0 bridgehead atoms. The number of nitrogens with zero attached hydrogens (tertiary/aromatic N) is 1. The monoisotopic (exact) mass is 211 g/mol. The van der Waals surface area contributed by atoms with Crippen molar-refractivity contribution in [2.75, 3.05) is 0 Å². The van der Waals surface area contributed by atoms with Gasteiger partial charge in [0.25, 0.3) is 0 Å². The van der Waals surface area contributed by atoms with Crippen LogP contribution < -0.4 is 0 Å². The summed E-state index contributed by atoms with van der Waals surface area (Å²) in [6.45, 7) is 3.37. The highest BCUT2D eigenvalue weighted by molar-refractivity contribution is 6.01. The summed E-state index contributed by atoms with van der Waals surface area (Å²) in [5.41, 5.74) is 0. The van der Waals surface area contributed by atoms with E-state index in [1.807, 2.05) is 0 Å². The molecule has 1 atom stereocenters. The average Bonchev–Trinajstić information content (AvgIpc) is 2.38. The third-order valence-electron chi connectivity index (χ3n) is 2.77. The molecule has 84 valence electrons. The summed E-state index contributed by atoms with van der Waals surface area (Å²) in [5.74, 6) is -0.461. The molecule has 0 N–H and O–H groups in total. The SMILES string of the molecule is CCC(=O)C(C)N1C(=O)CCCCC1=O. The van der Waals surface area contributed by atoms with Gasteiger partial charge in [-0.15, -0.1) is 0 Å². The molecule has 1 aliphatic rings. The van der Waals surface area contributed by atoms with Crippen molar-refractivity contribution in [2.45, 2.75) is 52.0 Å². The quantitative estimate of drug-likeness (QED) is 0.661. The van der Waals surface area contributed by atoms with E-state index in [1.54, 1.807) is 13.8 Å². The topological polar surface area (TPSA) is 54.5 Å². The van der Waals surface area contributed by atoms with Crippen molar-refractivity contribution in [1.82, 2.24) is 4.90 Å². The Balaban J connectivity index is 2.83. The van der Waals surface area contributed by atoms with Gasteiger partial charge in [0, 0.05) is 19.3 Å². The van der Waals surface area contributed by atoms with Crippen molar-refractivity contribution in [3.05, 3.63) is 0 Å². The molecule has 0 radical (unpaired) electrons. The summed E-state index contributed by atoms with van der Waals surface area (Å²) in [5, 5.41) is 0. The molecule has 15 heavy (non-hydrogen) atoms. The number of Topliss-reactive ketones (excluding diaryl/α,β-unsaturated/α-hetero) is 1. The fourth-order valence-electron chi connectivity index (χ4n) is 1.80. The van der Waals surface area contributed by atoms with Crippen molar-refractivity contribution < 1.29 is 14.4 Å². The minimum absolute atomic E-state index is 0.0569. The van der Waals surface area contributed by atoms with Gasteiger partial charge in [-0.2, -0.15) is 0 Å². The van der Waals surface area contributed by atoms with Crippen LogP contribution in [0.5, 0.6) is 0 Å². The van der Waals surface area contributed by atoms with Gasteiger partial charge in [0.15, 0.2) is 5.78 Å². The van der Waals surface area contributed by atoms with Gasteiger partial charge in [-0.05, 0) is 19.8 Å². The molecule has 1 saturated heterocycles. The second-order valence-corrected chi connectivity index (χ2v) is 3.86. The lowest BCUT2D eigenvalue weighted by Gasteiger charge is -2.24. The average molecular weight is 211 g/mol. The molecular formula is C11H17NO3. The summed E-state index contributed by atoms with van der Waals surface area (Å²) in [4.78, 5) is 35.9. The number of hydrogen-bond donors (Lipinski definition) is 0. The van der Waals surface area contributed by atoms with E-state index in [4.69, 9.17) is 0 Å². The van der Waals surface area contributed by atoms with Crippen molar-refractivity contribution in [3.8, 4) is 0 Å². The highest BCUT2D eigenvalue weighted by Gasteiger charge is 2.31. The number of carbonyl (C=O) groups excluding carboxylic acids is 3. The Hall–Kier alpha value is -1.19. The number of carbonyl (C=O) groups is 3. The van der Waals surface area contributed by atoms with Crippen LogP contribution in [0.4, 0.5) is 0 Å². The molecule has 1 heterocycles. The molecule has 1 rings (SSSR count). The maximum absolute atomic E-state index is 11.6. The Labute approximate surface area is 89.6 Å². The summed E-state index contributed by atoms with van der Waals surface area (Å²) in [6, 6.07) is -0.590. The highest BCUT2D eigenvalue weighted by atomic mass is 16.2. The van der Waals surface area contributed by atoms with Gasteiger partial charge in [-0.3, -0.25) is 19.3 Å². The fourth-order valence-corrected chi connectivity index (χ4v) is 1.80. The molecule has 4 nitrogen and oxygen atoms in total. The van der Waals surface area contributed by atoms with Crippen molar-refractivity contribution >= 4 is 17.6 Å². The first-order valence-electron chi connectivity index (χ1n) is 5.45. The molecule has 0 aromatic carbocycles. The number of imide groups is 1. The Kier molecular flexibility index (Phi) is 4.00. The van der Waals surface area contributed by atoms with E-state index in [0.29, 0.717) is 19.3 Å². The largest absolute Gasteiger partial charge is 0.297 e. The van der Waals surface area contributed by atoms with E-state index in [9.17, 15) is 14.4 Å². The Morgan fingerprint density at radius 1 is 1.27 bits per heavy atom. The van der Waals surface area contributed by atoms with Crippen LogP contribution in [0, 0.1) is 0 Å². The number of amides is 2. The zero-order valence-electron chi connectivity index (χ0n) is 9.28. The molecule has 1 fully saturated rings. The van der Waals surface area contributed by atoms with Gasteiger partial charge in [0.2, 0.25) is 11.8 Å². The van der Waals surface area contributed by atoms with Crippen LogP contribution in [0.1, 0.15) is 46.0 Å². The second-order valence-electron chi connectivity index (χ2n) is 3.86. The van der Waals surface area contributed by atoms with Gasteiger partial charge in [-0.25, -0.2) is 0 Å². The lowest BCUT2D eigenvalue weighted by atomic mass is 10.1.